The summed E-state index contributed by atoms with van der Waals surface area (Å²) in [6.07, 6.45) is -1.26. The number of nitrogens with zero attached hydrogens (tertiary/aromatic N) is 1. The van der Waals surface area contributed by atoms with Crippen molar-refractivity contribution in [3.63, 3.8) is 0 Å². The molecule has 2 N–H and O–H groups in total. The van der Waals surface area contributed by atoms with Gasteiger partial charge in [-0.25, -0.2) is 0 Å². The molecule has 1 atom stereocenters. The number of benzene rings is 1. The maximum absolute atomic E-state index is 12.5. The Labute approximate surface area is 102 Å². The SMILES string of the molecule is N[C@H](c1cccc(-c2ccncc2)c1)C(F)(F)F. The fourth-order valence-electron chi connectivity index (χ4n) is 1.65. The lowest BCUT2D eigenvalue weighted by molar-refractivity contribution is -0.149. The summed E-state index contributed by atoms with van der Waals surface area (Å²) in [5.41, 5.74) is 6.73. The van der Waals surface area contributed by atoms with Crippen LogP contribution in [0.1, 0.15) is 11.6 Å². The summed E-state index contributed by atoms with van der Waals surface area (Å²) in [5.74, 6) is 0. The highest BCUT2D eigenvalue weighted by Gasteiger charge is 2.37. The second-order valence-corrected chi connectivity index (χ2v) is 3.88. The van der Waals surface area contributed by atoms with Crippen LogP contribution in [0, 0.1) is 0 Å². The van der Waals surface area contributed by atoms with Crippen molar-refractivity contribution < 1.29 is 13.2 Å². The third-order valence-corrected chi connectivity index (χ3v) is 2.61. The van der Waals surface area contributed by atoms with Crippen LogP contribution in [0.5, 0.6) is 0 Å². The fourth-order valence-corrected chi connectivity index (χ4v) is 1.65. The van der Waals surface area contributed by atoms with Crippen LogP contribution in [-0.2, 0) is 0 Å². The van der Waals surface area contributed by atoms with Gasteiger partial charge in [0.15, 0.2) is 0 Å². The van der Waals surface area contributed by atoms with Gasteiger partial charge in [-0.2, -0.15) is 13.2 Å². The largest absolute Gasteiger partial charge is 0.407 e. The van der Waals surface area contributed by atoms with Crippen LogP contribution in [0.25, 0.3) is 11.1 Å². The van der Waals surface area contributed by atoms with Gasteiger partial charge < -0.3 is 5.73 Å². The molecule has 0 amide bonds. The molecule has 2 nitrogen and oxygen atoms in total. The first-order chi connectivity index (χ1) is 8.48. The number of hydrogen-bond donors (Lipinski definition) is 1. The van der Waals surface area contributed by atoms with E-state index in [2.05, 4.69) is 4.98 Å². The second-order valence-electron chi connectivity index (χ2n) is 3.88. The molecule has 0 unspecified atom stereocenters. The van der Waals surface area contributed by atoms with Crippen LogP contribution < -0.4 is 5.73 Å². The molecule has 0 aliphatic heterocycles. The van der Waals surface area contributed by atoms with E-state index in [1.807, 2.05) is 0 Å². The second kappa shape index (κ2) is 4.78. The lowest BCUT2D eigenvalue weighted by Crippen LogP contribution is -2.28. The minimum atomic E-state index is -4.43. The highest BCUT2D eigenvalue weighted by Crippen LogP contribution is 2.32. The average Bonchev–Trinajstić information content (AvgIpc) is 2.38. The molecule has 5 heteroatoms. The van der Waals surface area contributed by atoms with Gasteiger partial charge in [-0.15, -0.1) is 0 Å². The monoisotopic (exact) mass is 252 g/mol. The van der Waals surface area contributed by atoms with Gasteiger partial charge in [-0.1, -0.05) is 18.2 Å². The van der Waals surface area contributed by atoms with Crippen LogP contribution in [0.3, 0.4) is 0 Å². The Morgan fingerprint density at radius 1 is 1.00 bits per heavy atom. The average molecular weight is 252 g/mol. The summed E-state index contributed by atoms with van der Waals surface area (Å²) in [6.45, 7) is 0. The molecule has 18 heavy (non-hydrogen) atoms. The van der Waals surface area contributed by atoms with Gasteiger partial charge >= 0.3 is 6.18 Å². The van der Waals surface area contributed by atoms with Gasteiger partial charge in [0, 0.05) is 12.4 Å². The predicted molar refractivity (Wildman–Crippen MR) is 62.7 cm³/mol. The minimum Gasteiger partial charge on any atom is -0.316 e. The lowest BCUT2D eigenvalue weighted by atomic mass is 10.0. The zero-order chi connectivity index (χ0) is 13.2. The van der Waals surface area contributed by atoms with Crippen LogP contribution >= 0.6 is 0 Å². The third-order valence-electron chi connectivity index (χ3n) is 2.61. The van der Waals surface area contributed by atoms with E-state index in [4.69, 9.17) is 5.73 Å². The van der Waals surface area contributed by atoms with Gasteiger partial charge in [-0.05, 0) is 34.9 Å². The highest BCUT2D eigenvalue weighted by atomic mass is 19.4. The van der Waals surface area contributed by atoms with Crippen molar-refractivity contribution in [2.45, 2.75) is 12.2 Å². The van der Waals surface area contributed by atoms with E-state index >= 15 is 0 Å². The van der Waals surface area contributed by atoms with Crippen LogP contribution in [0.15, 0.2) is 48.8 Å². The zero-order valence-electron chi connectivity index (χ0n) is 9.35. The molecule has 0 saturated carbocycles. The van der Waals surface area contributed by atoms with Crippen LogP contribution in [0.2, 0.25) is 0 Å². The van der Waals surface area contributed by atoms with Crippen molar-refractivity contribution in [3.05, 3.63) is 54.4 Å². The first kappa shape index (κ1) is 12.6. The van der Waals surface area contributed by atoms with Crippen LogP contribution in [0.4, 0.5) is 13.2 Å². The molecule has 0 radical (unpaired) electrons. The quantitative estimate of drug-likeness (QED) is 0.890. The molecule has 1 heterocycles. The van der Waals surface area contributed by atoms with E-state index < -0.39 is 12.2 Å². The minimum absolute atomic E-state index is 0.0526. The molecule has 1 aromatic carbocycles. The first-order valence-electron chi connectivity index (χ1n) is 5.31. The Morgan fingerprint density at radius 3 is 2.28 bits per heavy atom. The number of hydrogen-bond acceptors (Lipinski definition) is 2. The Balaban J connectivity index is 2.37. The van der Waals surface area contributed by atoms with Crippen molar-refractivity contribution in [1.82, 2.24) is 4.98 Å². The topological polar surface area (TPSA) is 38.9 Å². The summed E-state index contributed by atoms with van der Waals surface area (Å²) in [6, 6.07) is 7.64. The molecular weight excluding hydrogens is 241 g/mol. The first-order valence-corrected chi connectivity index (χ1v) is 5.31. The summed E-state index contributed by atoms with van der Waals surface area (Å²) in [4.78, 5) is 3.86. The normalized spacial score (nSPS) is 13.3. The number of aromatic nitrogens is 1. The fraction of sp³-hybridized carbons (Fsp3) is 0.154. The molecule has 0 bridgehead atoms. The maximum Gasteiger partial charge on any atom is 0.407 e. The van der Waals surface area contributed by atoms with Crippen molar-refractivity contribution in [3.8, 4) is 11.1 Å². The number of rotatable bonds is 2. The zero-order valence-corrected chi connectivity index (χ0v) is 9.35. The summed E-state index contributed by atoms with van der Waals surface area (Å²) in [5, 5.41) is 0. The number of alkyl halides is 3. The van der Waals surface area contributed by atoms with E-state index in [1.54, 1.807) is 36.7 Å². The Kier molecular flexibility index (Phi) is 3.34. The van der Waals surface area contributed by atoms with E-state index in [0.29, 0.717) is 5.56 Å². The Bertz CT molecular complexity index is 523. The molecule has 0 aliphatic rings. The number of nitrogens with two attached hydrogens (primary N) is 1. The molecule has 2 aromatic rings. The molecule has 2 rings (SSSR count). The molecule has 0 saturated heterocycles. The third kappa shape index (κ3) is 2.68. The Hall–Kier alpha value is -1.88. The van der Waals surface area contributed by atoms with Crippen molar-refractivity contribution >= 4 is 0 Å². The smallest absolute Gasteiger partial charge is 0.316 e. The molecular formula is C13H11F3N2. The van der Waals surface area contributed by atoms with E-state index in [1.165, 1.54) is 12.1 Å². The standard InChI is InChI=1S/C13H11F3N2/c14-13(15,16)12(17)11-3-1-2-10(8-11)9-4-6-18-7-5-9/h1-8,12H,17H2/t12-/m1/s1. The van der Waals surface area contributed by atoms with Gasteiger partial charge in [0.05, 0.1) is 0 Å². The summed E-state index contributed by atoms with van der Waals surface area (Å²) >= 11 is 0. The Morgan fingerprint density at radius 2 is 1.67 bits per heavy atom. The highest BCUT2D eigenvalue weighted by molar-refractivity contribution is 5.63. The molecule has 1 aromatic heterocycles. The predicted octanol–water partition coefficient (Wildman–Crippen LogP) is 3.31. The molecule has 0 fully saturated rings. The van der Waals surface area contributed by atoms with Gasteiger partial charge in [0.1, 0.15) is 6.04 Å². The summed E-state index contributed by atoms with van der Waals surface area (Å²) < 4.78 is 37.6. The molecule has 0 aliphatic carbocycles. The van der Waals surface area contributed by atoms with E-state index in [9.17, 15) is 13.2 Å². The number of halogens is 3. The van der Waals surface area contributed by atoms with Crippen molar-refractivity contribution in [1.29, 1.82) is 0 Å². The van der Waals surface area contributed by atoms with Gasteiger partial charge in [-0.3, -0.25) is 4.98 Å². The summed E-state index contributed by atoms with van der Waals surface area (Å²) in [7, 11) is 0. The van der Waals surface area contributed by atoms with Gasteiger partial charge in [0.2, 0.25) is 0 Å². The lowest BCUT2D eigenvalue weighted by Gasteiger charge is -2.16. The number of pyridine rings is 1. The van der Waals surface area contributed by atoms with E-state index in [0.717, 1.165) is 5.56 Å². The maximum atomic E-state index is 12.5. The van der Waals surface area contributed by atoms with Gasteiger partial charge in [0.25, 0.3) is 0 Å². The van der Waals surface area contributed by atoms with Crippen LogP contribution in [-0.4, -0.2) is 11.2 Å². The molecule has 94 valence electrons. The van der Waals surface area contributed by atoms with E-state index in [-0.39, 0.29) is 5.56 Å². The molecule has 0 spiro atoms. The van der Waals surface area contributed by atoms with Crippen molar-refractivity contribution in [2.24, 2.45) is 5.73 Å². The van der Waals surface area contributed by atoms with Crippen molar-refractivity contribution in [2.75, 3.05) is 0 Å².